The molecule has 0 bridgehead atoms. The van der Waals surface area contributed by atoms with E-state index in [1.165, 1.54) is 5.56 Å². The van der Waals surface area contributed by atoms with Gasteiger partial charge >= 0.3 is 0 Å². The molecule has 23 heavy (non-hydrogen) atoms. The van der Waals surface area contributed by atoms with E-state index >= 15 is 0 Å². The molecule has 118 valence electrons. The van der Waals surface area contributed by atoms with Crippen molar-refractivity contribution in [3.8, 4) is 0 Å². The molecule has 1 aliphatic rings. The number of likely N-dealkylation sites (tertiary alicyclic amines) is 1. The van der Waals surface area contributed by atoms with Crippen LogP contribution in [0.1, 0.15) is 30.2 Å². The van der Waals surface area contributed by atoms with Crippen molar-refractivity contribution in [2.75, 3.05) is 13.1 Å². The lowest BCUT2D eigenvalue weighted by Gasteiger charge is -2.30. The second kappa shape index (κ2) is 6.34. The van der Waals surface area contributed by atoms with E-state index in [1.807, 2.05) is 36.4 Å². The molecular formula is C19H19ClN2O. The maximum absolute atomic E-state index is 5.94. The quantitative estimate of drug-likeness (QED) is 0.688. The van der Waals surface area contributed by atoms with Crippen LogP contribution in [0.25, 0.3) is 11.1 Å². The van der Waals surface area contributed by atoms with Gasteiger partial charge in [-0.25, -0.2) is 4.98 Å². The Bertz CT molecular complexity index is 755. The third-order valence-electron chi connectivity index (χ3n) is 4.57. The van der Waals surface area contributed by atoms with E-state index in [0.717, 1.165) is 54.5 Å². The highest BCUT2D eigenvalue weighted by Gasteiger charge is 2.24. The average Bonchev–Trinajstić information content (AvgIpc) is 3.02. The highest BCUT2D eigenvalue weighted by Crippen LogP contribution is 2.30. The lowest BCUT2D eigenvalue weighted by molar-refractivity contribution is 0.194. The summed E-state index contributed by atoms with van der Waals surface area (Å²) in [6, 6.07) is 16.1. The van der Waals surface area contributed by atoms with Crippen LogP contribution in [0.4, 0.5) is 0 Å². The molecule has 0 atom stereocenters. The molecule has 1 saturated heterocycles. The SMILES string of the molecule is Clc1ccc(CN2CCC(c3nc4ccccc4o3)CC2)cc1. The number of nitrogens with zero attached hydrogens (tertiary/aromatic N) is 2. The van der Waals surface area contributed by atoms with Gasteiger partial charge in [0.1, 0.15) is 5.52 Å². The molecule has 1 aliphatic heterocycles. The Morgan fingerprint density at radius 1 is 1.04 bits per heavy atom. The minimum Gasteiger partial charge on any atom is -0.440 e. The van der Waals surface area contributed by atoms with Crippen LogP contribution in [0.2, 0.25) is 5.02 Å². The first-order valence-corrected chi connectivity index (χ1v) is 8.48. The number of piperidine rings is 1. The van der Waals surface area contributed by atoms with Crippen molar-refractivity contribution < 1.29 is 4.42 Å². The van der Waals surface area contributed by atoms with Crippen molar-refractivity contribution in [2.45, 2.75) is 25.3 Å². The summed E-state index contributed by atoms with van der Waals surface area (Å²) < 4.78 is 5.93. The smallest absolute Gasteiger partial charge is 0.198 e. The van der Waals surface area contributed by atoms with Gasteiger partial charge in [0.05, 0.1) is 0 Å². The zero-order valence-corrected chi connectivity index (χ0v) is 13.7. The fraction of sp³-hybridized carbons (Fsp3) is 0.316. The van der Waals surface area contributed by atoms with Gasteiger partial charge in [0.25, 0.3) is 0 Å². The number of rotatable bonds is 3. The predicted molar refractivity (Wildman–Crippen MR) is 92.7 cm³/mol. The minimum atomic E-state index is 0.434. The Balaban J connectivity index is 1.39. The number of hydrogen-bond donors (Lipinski definition) is 0. The lowest BCUT2D eigenvalue weighted by Crippen LogP contribution is -2.32. The van der Waals surface area contributed by atoms with E-state index in [4.69, 9.17) is 16.0 Å². The number of hydrogen-bond acceptors (Lipinski definition) is 3. The van der Waals surface area contributed by atoms with E-state index in [-0.39, 0.29) is 0 Å². The van der Waals surface area contributed by atoms with Crippen molar-refractivity contribution in [2.24, 2.45) is 0 Å². The van der Waals surface area contributed by atoms with Crippen LogP contribution in [-0.4, -0.2) is 23.0 Å². The number of fused-ring (bicyclic) bond motifs is 1. The monoisotopic (exact) mass is 326 g/mol. The van der Waals surface area contributed by atoms with E-state index in [0.29, 0.717) is 5.92 Å². The summed E-state index contributed by atoms with van der Waals surface area (Å²) in [5.74, 6) is 1.33. The first-order chi connectivity index (χ1) is 11.3. The van der Waals surface area contributed by atoms with Gasteiger partial charge in [-0.2, -0.15) is 0 Å². The summed E-state index contributed by atoms with van der Waals surface area (Å²) in [6.45, 7) is 3.13. The molecule has 4 heteroatoms. The highest BCUT2D eigenvalue weighted by atomic mass is 35.5. The molecule has 0 spiro atoms. The first-order valence-electron chi connectivity index (χ1n) is 8.10. The Hall–Kier alpha value is -1.84. The maximum Gasteiger partial charge on any atom is 0.198 e. The van der Waals surface area contributed by atoms with Gasteiger partial charge in [-0.1, -0.05) is 35.9 Å². The van der Waals surface area contributed by atoms with Crippen LogP contribution in [-0.2, 0) is 6.54 Å². The first kappa shape index (κ1) is 14.7. The molecular weight excluding hydrogens is 308 g/mol. The van der Waals surface area contributed by atoms with Crippen molar-refractivity contribution in [1.29, 1.82) is 0 Å². The largest absolute Gasteiger partial charge is 0.440 e. The molecule has 1 fully saturated rings. The van der Waals surface area contributed by atoms with Crippen LogP contribution in [0.3, 0.4) is 0 Å². The summed E-state index contributed by atoms with van der Waals surface area (Å²) in [7, 11) is 0. The lowest BCUT2D eigenvalue weighted by atomic mass is 9.96. The van der Waals surface area contributed by atoms with Crippen LogP contribution < -0.4 is 0 Å². The molecule has 4 rings (SSSR count). The number of halogens is 1. The third kappa shape index (κ3) is 3.26. The van der Waals surface area contributed by atoms with E-state index in [2.05, 4.69) is 22.0 Å². The Morgan fingerprint density at radius 3 is 2.52 bits per heavy atom. The number of aromatic nitrogens is 1. The van der Waals surface area contributed by atoms with E-state index < -0.39 is 0 Å². The van der Waals surface area contributed by atoms with E-state index in [9.17, 15) is 0 Å². The summed E-state index contributed by atoms with van der Waals surface area (Å²) in [6.07, 6.45) is 2.20. The molecule has 0 aliphatic carbocycles. The van der Waals surface area contributed by atoms with Crippen molar-refractivity contribution in [3.63, 3.8) is 0 Å². The van der Waals surface area contributed by atoms with Crippen LogP contribution in [0, 0.1) is 0 Å². The number of para-hydroxylation sites is 2. The van der Waals surface area contributed by atoms with Crippen LogP contribution in [0.5, 0.6) is 0 Å². The zero-order valence-electron chi connectivity index (χ0n) is 12.9. The fourth-order valence-corrected chi connectivity index (χ4v) is 3.38. The summed E-state index contributed by atoms with van der Waals surface area (Å²) in [5.41, 5.74) is 3.17. The average molecular weight is 327 g/mol. The molecule has 3 nitrogen and oxygen atoms in total. The third-order valence-corrected chi connectivity index (χ3v) is 4.82. The second-order valence-corrected chi connectivity index (χ2v) is 6.63. The summed E-state index contributed by atoms with van der Waals surface area (Å²) in [5, 5.41) is 0.795. The van der Waals surface area contributed by atoms with Crippen LogP contribution >= 0.6 is 11.6 Å². The van der Waals surface area contributed by atoms with Gasteiger partial charge in [-0.15, -0.1) is 0 Å². The van der Waals surface area contributed by atoms with Gasteiger partial charge < -0.3 is 4.42 Å². The fourth-order valence-electron chi connectivity index (χ4n) is 3.25. The van der Waals surface area contributed by atoms with Gasteiger partial charge in [0.2, 0.25) is 0 Å². The van der Waals surface area contributed by atoms with Crippen LogP contribution in [0.15, 0.2) is 52.9 Å². The Morgan fingerprint density at radius 2 is 1.78 bits per heavy atom. The molecule has 2 aromatic carbocycles. The van der Waals surface area contributed by atoms with Gasteiger partial charge in [-0.3, -0.25) is 4.90 Å². The van der Waals surface area contributed by atoms with Crippen molar-refractivity contribution >= 4 is 22.7 Å². The van der Waals surface area contributed by atoms with Gasteiger partial charge in [0.15, 0.2) is 11.5 Å². The Labute approximate surface area is 140 Å². The van der Waals surface area contributed by atoms with E-state index in [1.54, 1.807) is 0 Å². The topological polar surface area (TPSA) is 29.3 Å². The highest BCUT2D eigenvalue weighted by molar-refractivity contribution is 6.30. The summed E-state index contributed by atoms with van der Waals surface area (Å²) in [4.78, 5) is 7.14. The maximum atomic E-state index is 5.94. The number of benzene rings is 2. The molecule has 3 aromatic rings. The molecule has 1 aromatic heterocycles. The number of oxazole rings is 1. The Kier molecular flexibility index (Phi) is 4.06. The molecule has 0 unspecified atom stereocenters. The normalized spacial score (nSPS) is 16.9. The molecule has 0 amide bonds. The minimum absolute atomic E-state index is 0.434. The molecule has 0 radical (unpaired) electrons. The molecule has 0 N–H and O–H groups in total. The van der Waals surface area contributed by atoms with Crippen molar-refractivity contribution in [3.05, 3.63) is 65.0 Å². The van der Waals surface area contributed by atoms with Crippen molar-refractivity contribution in [1.82, 2.24) is 9.88 Å². The van der Waals surface area contributed by atoms with Gasteiger partial charge in [-0.05, 0) is 55.8 Å². The predicted octanol–water partition coefficient (Wildman–Crippen LogP) is 4.86. The standard InChI is InChI=1S/C19H19ClN2O/c20-16-7-5-14(6-8-16)13-22-11-9-15(10-12-22)19-21-17-3-1-2-4-18(17)23-19/h1-8,15H,9-13H2. The zero-order chi connectivity index (χ0) is 15.6. The second-order valence-electron chi connectivity index (χ2n) is 6.20. The van der Waals surface area contributed by atoms with Gasteiger partial charge in [0, 0.05) is 17.5 Å². The molecule has 0 saturated carbocycles. The summed E-state index contributed by atoms with van der Waals surface area (Å²) >= 11 is 5.94. The molecule has 2 heterocycles.